The lowest BCUT2D eigenvalue weighted by atomic mass is 9.90. The van der Waals surface area contributed by atoms with Gasteiger partial charge in [0, 0.05) is 6.16 Å². The third-order valence-electron chi connectivity index (χ3n) is 3.03. The smallest absolute Gasteiger partial charge is 0.324 e. The molecule has 3 nitrogen and oxygen atoms in total. The van der Waals surface area contributed by atoms with Gasteiger partial charge >= 0.3 is 7.60 Å². The summed E-state index contributed by atoms with van der Waals surface area (Å²) < 4.78 is 16.7. The van der Waals surface area contributed by atoms with Crippen LogP contribution in [0.2, 0.25) is 0 Å². The molecule has 0 bridgehead atoms. The summed E-state index contributed by atoms with van der Waals surface area (Å²) in [5.41, 5.74) is 0. The molecule has 15 heavy (non-hydrogen) atoms. The Bertz CT molecular complexity index is 212. The van der Waals surface area contributed by atoms with E-state index in [2.05, 4.69) is 0 Å². The van der Waals surface area contributed by atoms with Gasteiger partial charge < -0.3 is 9.42 Å². The van der Waals surface area contributed by atoms with Crippen molar-refractivity contribution in [2.45, 2.75) is 51.9 Å². The summed E-state index contributed by atoms with van der Waals surface area (Å²) in [6.07, 6.45) is 8.16. The minimum atomic E-state index is -3.28. The van der Waals surface area contributed by atoms with E-state index in [4.69, 9.17) is 4.52 Å². The standard InChI is InChI=1S/C11H23O3P/c1-2-3-9-15(12,13)14-10-11-7-5-4-6-8-11/h11H,2-10H2,1H3,(H,12,13). The number of rotatable bonds is 6. The van der Waals surface area contributed by atoms with E-state index in [-0.39, 0.29) is 0 Å². The van der Waals surface area contributed by atoms with Crippen molar-refractivity contribution in [1.82, 2.24) is 0 Å². The maximum absolute atomic E-state index is 11.5. The fourth-order valence-corrected chi connectivity index (χ4v) is 3.29. The van der Waals surface area contributed by atoms with Gasteiger partial charge in [-0.3, -0.25) is 4.57 Å². The molecule has 1 fully saturated rings. The summed E-state index contributed by atoms with van der Waals surface area (Å²) in [5.74, 6) is 0.515. The van der Waals surface area contributed by atoms with Gasteiger partial charge in [-0.05, 0) is 25.2 Å². The van der Waals surface area contributed by atoms with Crippen LogP contribution in [-0.4, -0.2) is 17.7 Å². The van der Waals surface area contributed by atoms with Crippen molar-refractivity contribution < 1.29 is 14.0 Å². The first-order chi connectivity index (χ1) is 7.14. The molecular weight excluding hydrogens is 211 g/mol. The van der Waals surface area contributed by atoms with E-state index in [1.807, 2.05) is 6.92 Å². The van der Waals surface area contributed by atoms with E-state index in [1.165, 1.54) is 19.3 Å². The maximum Gasteiger partial charge on any atom is 0.328 e. The third-order valence-corrected chi connectivity index (χ3v) is 4.46. The van der Waals surface area contributed by atoms with Crippen LogP contribution in [0.3, 0.4) is 0 Å². The topological polar surface area (TPSA) is 46.5 Å². The minimum absolute atomic E-state index is 0.316. The van der Waals surface area contributed by atoms with Crippen LogP contribution in [-0.2, 0) is 9.09 Å². The largest absolute Gasteiger partial charge is 0.328 e. The Morgan fingerprint density at radius 1 is 1.33 bits per heavy atom. The van der Waals surface area contributed by atoms with Crippen LogP contribution in [0.15, 0.2) is 0 Å². The lowest BCUT2D eigenvalue weighted by Crippen LogP contribution is -2.13. The van der Waals surface area contributed by atoms with Crippen molar-refractivity contribution in [3.63, 3.8) is 0 Å². The first-order valence-corrected chi connectivity index (χ1v) is 7.86. The molecule has 0 aliphatic heterocycles. The van der Waals surface area contributed by atoms with Crippen LogP contribution in [0.1, 0.15) is 51.9 Å². The molecule has 0 aromatic rings. The quantitative estimate of drug-likeness (QED) is 0.714. The molecule has 1 unspecified atom stereocenters. The van der Waals surface area contributed by atoms with Gasteiger partial charge in [-0.1, -0.05) is 32.6 Å². The van der Waals surface area contributed by atoms with E-state index in [1.54, 1.807) is 0 Å². The Balaban J connectivity index is 2.19. The molecule has 1 atom stereocenters. The summed E-state index contributed by atoms with van der Waals surface area (Å²) in [6, 6.07) is 0. The fourth-order valence-electron chi connectivity index (χ4n) is 2.00. The SMILES string of the molecule is CCCCP(=O)(O)OCC1CCCCC1. The number of hydrogen-bond acceptors (Lipinski definition) is 2. The highest BCUT2D eigenvalue weighted by atomic mass is 31.2. The zero-order chi connectivity index (χ0) is 11.1. The van der Waals surface area contributed by atoms with Crippen LogP contribution in [0.25, 0.3) is 0 Å². The first-order valence-electron chi connectivity index (χ1n) is 6.10. The van der Waals surface area contributed by atoms with Crippen molar-refractivity contribution in [2.24, 2.45) is 5.92 Å². The average Bonchev–Trinajstić information content (AvgIpc) is 2.25. The van der Waals surface area contributed by atoms with Crippen molar-refractivity contribution >= 4 is 7.60 Å². The second-order valence-corrected chi connectivity index (χ2v) is 6.49. The molecule has 0 amide bonds. The number of unbranched alkanes of at least 4 members (excludes halogenated alkanes) is 1. The summed E-state index contributed by atoms with van der Waals surface area (Å²) >= 11 is 0. The molecule has 1 N–H and O–H groups in total. The molecule has 0 spiro atoms. The lowest BCUT2D eigenvalue weighted by molar-refractivity contribution is 0.186. The molecular formula is C11H23O3P. The second-order valence-electron chi connectivity index (χ2n) is 4.51. The molecule has 0 aromatic carbocycles. The first kappa shape index (κ1) is 13.2. The zero-order valence-corrected chi connectivity index (χ0v) is 10.5. The van der Waals surface area contributed by atoms with Crippen LogP contribution in [0.5, 0.6) is 0 Å². The average molecular weight is 234 g/mol. The molecule has 1 aliphatic rings. The molecule has 0 heterocycles. The summed E-state index contributed by atoms with van der Waals surface area (Å²) in [5, 5.41) is 0. The Morgan fingerprint density at radius 3 is 2.60 bits per heavy atom. The Hall–Kier alpha value is 0.150. The summed E-state index contributed by atoms with van der Waals surface area (Å²) in [7, 11) is -3.28. The molecule has 0 aromatic heterocycles. The predicted molar refractivity (Wildman–Crippen MR) is 62.1 cm³/mol. The highest BCUT2D eigenvalue weighted by Gasteiger charge is 2.21. The van der Waals surface area contributed by atoms with Gasteiger partial charge in [0.25, 0.3) is 0 Å². The van der Waals surface area contributed by atoms with E-state index in [0.717, 1.165) is 25.7 Å². The highest BCUT2D eigenvalue weighted by molar-refractivity contribution is 7.52. The third kappa shape index (κ3) is 5.70. The number of hydrogen-bond donors (Lipinski definition) is 1. The van der Waals surface area contributed by atoms with Gasteiger partial charge in [0.2, 0.25) is 0 Å². The lowest BCUT2D eigenvalue weighted by Gasteiger charge is -2.22. The molecule has 1 aliphatic carbocycles. The van der Waals surface area contributed by atoms with Gasteiger partial charge in [0.05, 0.1) is 6.61 Å². The molecule has 0 saturated heterocycles. The molecule has 4 heteroatoms. The predicted octanol–water partition coefficient (Wildman–Crippen LogP) is 3.57. The van der Waals surface area contributed by atoms with Crippen LogP contribution in [0.4, 0.5) is 0 Å². The molecule has 0 radical (unpaired) electrons. The van der Waals surface area contributed by atoms with Crippen molar-refractivity contribution in [3.8, 4) is 0 Å². The van der Waals surface area contributed by atoms with Gasteiger partial charge in [0.1, 0.15) is 0 Å². The van der Waals surface area contributed by atoms with Gasteiger partial charge in [-0.25, -0.2) is 0 Å². The Morgan fingerprint density at radius 2 is 2.00 bits per heavy atom. The van der Waals surface area contributed by atoms with Crippen molar-refractivity contribution in [2.75, 3.05) is 12.8 Å². The van der Waals surface area contributed by atoms with Gasteiger partial charge in [-0.15, -0.1) is 0 Å². The maximum atomic E-state index is 11.5. The normalized spacial score (nSPS) is 22.5. The van der Waals surface area contributed by atoms with Crippen LogP contribution in [0, 0.1) is 5.92 Å². The Labute approximate surface area is 92.8 Å². The minimum Gasteiger partial charge on any atom is -0.324 e. The van der Waals surface area contributed by atoms with Crippen molar-refractivity contribution in [1.29, 1.82) is 0 Å². The van der Waals surface area contributed by atoms with E-state index in [9.17, 15) is 9.46 Å². The van der Waals surface area contributed by atoms with Gasteiger partial charge in [-0.2, -0.15) is 0 Å². The van der Waals surface area contributed by atoms with Crippen LogP contribution >= 0.6 is 7.60 Å². The van der Waals surface area contributed by atoms with Gasteiger partial charge in [0.15, 0.2) is 0 Å². The fraction of sp³-hybridized carbons (Fsp3) is 1.00. The van der Waals surface area contributed by atoms with Crippen molar-refractivity contribution in [3.05, 3.63) is 0 Å². The van der Waals surface area contributed by atoms with Crippen LogP contribution < -0.4 is 0 Å². The monoisotopic (exact) mass is 234 g/mol. The van der Waals surface area contributed by atoms with E-state index in [0.29, 0.717) is 18.7 Å². The molecule has 1 saturated carbocycles. The summed E-state index contributed by atoms with van der Waals surface area (Å²) in [4.78, 5) is 9.51. The molecule has 1 rings (SSSR count). The van der Waals surface area contributed by atoms with E-state index < -0.39 is 7.60 Å². The zero-order valence-electron chi connectivity index (χ0n) is 9.65. The second kappa shape index (κ2) is 6.67. The highest BCUT2D eigenvalue weighted by Crippen LogP contribution is 2.43. The Kier molecular flexibility index (Phi) is 5.88. The molecule has 90 valence electrons. The van der Waals surface area contributed by atoms with E-state index >= 15 is 0 Å². The summed E-state index contributed by atoms with van der Waals surface area (Å²) in [6.45, 7) is 2.50.